The summed E-state index contributed by atoms with van der Waals surface area (Å²) < 4.78 is 0. The van der Waals surface area contributed by atoms with Crippen LogP contribution in [-0.2, 0) is 4.79 Å². The molecule has 6 nitrogen and oxygen atoms in total. The molecule has 2 aromatic heterocycles. The minimum Gasteiger partial charge on any atom is -0.543 e. The number of aromatic nitrogens is 2. The van der Waals surface area contributed by atoms with Crippen molar-refractivity contribution in [2.75, 3.05) is 14.2 Å². The Morgan fingerprint density at radius 3 is 2.57 bits per heavy atom. The average molecular weight is 417 g/mol. The molecule has 2 unspecified atom stereocenters. The normalized spacial score (nSPS) is 17.2. The molecule has 1 aliphatic heterocycles. The van der Waals surface area contributed by atoms with E-state index in [1.807, 2.05) is 36.2 Å². The van der Waals surface area contributed by atoms with Crippen molar-refractivity contribution in [2.45, 2.75) is 33.2 Å². The molecule has 2 N–H and O–H groups in total. The Hall–Kier alpha value is -1.86. The molecule has 0 saturated heterocycles. The van der Waals surface area contributed by atoms with E-state index in [0.29, 0.717) is 24.0 Å². The Balaban J connectivity index is 0.00000104. The van der Waals surface area contributed by atoms with Gasteiger partial charge >= 0.3 is 29.6 Å². The Labute approximate surface area is 199 Å². The summed E-state index contributed by atoms with van der Waals surface area (Å²) in [5, 5.41) is 21.0. The maximum absolute atomic E-state index is 11.9. The van der Waals surface area contributed by atoms with Crippen molar-refractivity contribution >= 4 is 33.5 Å². The monoisotopic (exact) mass is 417 g/mol. The molecule has 0 radical (unpaired) electrons. The van der Waals surface area contributed by atoms with E-state index in [0.717, 1.165) is 40.2 Å². The number of H-pyrrole nitrogens is 1. The zero-order valence-corrected chi connectivity index (χ0v) is 20.6. The Morgan fingerprint density at radius 1 is 1.23 bits per heavy atom. The number of aliphatic hydroxyl groups excluding tert-OH is 1. The molecule has 0 spiro atoms. The quantitative estimate of drug-likeness (QED) is 0.573. The summed E-state index contributed by atoms with van der Waals surface area (Å²) in [6, 6.07) is 10.2. The van der Waals surface area contributed by atoms with E-state index in [1.165, 1.54) is 0 Å². The van der Waals surface area contributed by atoms with Gasteiger partial charge in [0.05, 0.1) is 11.7 Å². The molecule has 2 atom stereocenters. The number of aliphatic hydroxyl groups is 1. The number of pyridine rings is 1. The fourth-order valence-corrected chi connectivity index (χ4v) is 4.24. The second kappa shape index (κ2) is 9.96. The Morgan fingerprint density at radius 2 is 1.93 bits per heavy atom. The van der Waals surface area contributed by atoms with E-state index in [4.69, 9.17) is 5.11 Å². The fraction of sp³-hybridized carbons (Fsp3) is 0.391. The largest absolute Gasteiger partial charge is 1.00 e. The minimum atomic E-state index is -1.10. The van der Waals surface area contributed by atoms with Gasteiger partial charge in [0.15, 0.2) is 0 Å². The van der Waals surface area contributed by atoms with E-state index in [-0.39, 0.29) is 35.6 Å². The van der Waals surface area contributed by atoms with Gasteiger partial charge in [-0.05, 0) is 53.7 Å². The molecule has 0 fully saturated rings. The molecule has 0 saturated carbocycles. The van der Waals surface area contributed by atoms with Gasteiger partial charge in [-0.2, -0.15) is 0 Å². The second-order valence-corrected chi connectivity index (χ2v) is 7.89. The SMILES string of the molecule is CC(C)C(C)C1CC(c2ccc3[nH]c4ncccc4c3c2)=C(C(=O)[O-])N1C.CO.[Na+]. The second-order valence-electron chi connectivity index (χ2n) is 7.89. The predicted octanol–water partition coefficient (Wildman–Crippen LogP) is -0.214. The smallest absolute Gasteiger partial charge is 0.543 e. The number of likely N-dealkylation sites (N-methyl/N-ethyl adjacent to an activating group) is 1. The molecule has 154 valence electrons. The molecule has 7 heteroatoms. The maximum atomic E-state index is 11.9. The van der Waals surface area contributed by atoms with Crippen LogP contribution >= 0.6 is 0 Å². The summed E-state index contributed by atoms with van der Waals surface area (Å²) in [5.74, 6) is -0.253. The number of carboxylic acids is 1. The first-order valence-electron chi connectivity index (χ1n) is 9.87. The topological polar surface area (TPSA) is 92.3 Å². The number of benzene rings is 1. The van der Waals surface area contributed by atoms with Crippen molar-refractivity contribution in [3.8, 4) is 0 Å². The van der Waals surface area contributed by atoms with Crippen LogP contribution in [0.1, 0.15) is 32.8 Å². The summed E-state index contributed by atoms with van der Waals surface area (Å²) in [4.78, 5) is 21.5. The van der Waals surface area contributed by atoms with Crippen LogP contribution in [0.5, 0.6) is 0 Å². The minimum absolute atomic E-state index is 0. The van der Waals surface area contributed by atoms with Crippen molar-refractivity contribution in [1.82, 2.24) is 14.9 Å². The van der Waals surface area contributed by atoms with Crippen molar-refractivity contribution in [3.05, 3.63) is 47.8 Å². The Kier molecular flexibility index (Phi) is 8.11. The zero-order valence-electron chi connectivity index (χ0n) is 18.6. The number of carbonyl (C=O) groups is 1. The summed E-state index contributed by atoms with van der Waals surface area (Å²) in [7, 11) is 2.87. The fourth-order valence-electron chi connectivity index (χ4n) is 4.24. The molecule has 3 aromatic rings. The number of hydrogen-bond acceptors (Lipinski definition) is 5. The van der Waals surface area contributed by atoms with Crippen molar-refractivity contribution < 1.29 is 44.6 Å². The molecule has 4 rings (SSSR count). The summed E-state index contributed by atoms with van der Waals surface area (Å²) in [6.45, 7) is 6.55. The van der Waals surface area contributed by atoms with Gasteiger partial charge in [-0.25, -0.2) is 4.98 Å². The van der Waals surface area contributed by atoms with E-state index in [1.54, 1.807) is 6.20 Å². The van der Waals surface area contributed by atoms with Crippen LogP contribution in [0.4, 0.5) is 0 Å². The van der Waals surface area contributed by atoms with Crippen LogP contribution in [-0.4, -0.2) is 46.1 Å². The average Bonchev–Trinajstić information content (AvgIpc) is 3.26. The third-order valence-electron chi connectivity index (χ3n) is 6.12. The number of rotatable bonds is 4. The van der Waals surface area contributed by atoms with E-state index < -0.39 is 5.97 Å². The predicted molar refractivity (Wildman–Crippen MR) is 114 cm³/mol. The molecular weight excluding hydrogens is 389 g/mol. The summed E-state index contributed by atoms with van der Waals surface area (Å²) in [5.41, 5.74) is 3.95. The number of carbonyl (C=O) groups excluding carboxylic acids is 1. The van der Waals surface area contributed by atoms with Crippen LogP contribution in [0, 0.1) is 11.8 Å². The maximum Gasteiger partial charge on any atom is 1.00 e. The van der Waals surface area contributed by atoms with Gasteiger partial charge in [0, 0.05) is 42.7 Å². The first-order chi connectivity index (χ1) is 13.9. The van der Waals surface area contributed by atoms with E-state index in [9.17, 15) is 9.90 Å². The number of hydrogen-bond donors (Lipinski definition) is 2. The first kappa shape index (κ1) is 24.4. The zero-order chi connectivity index (χ0) is 21.3. The van der Waals surface area contributed by atoms with E-state index >= 15 is 0 Å². The Bertz CT molecular complexity index is 1070. The number of fused-ring (bicyclic) bond motifs is 3. The first-order valence-corrected chi connectivity index (χ1v) is 9.87. The van der Waals surface area contributed by atoms with Crippen molar-refractivity contribution in [2.24, 2.45) is 11.8 Å². The number of aliphatic carboxylic acids is 1. The number of carboxylic acid groups (broad SMARTS) is 1. The molecule has 1 aromatic carbocycles. The van der Waals surface area contributed by atoms with Gasteiger partial charge in [0.25, 0.3) is 0 Å². The van der Waals surface area contributed by atoms with Crippen LogP contribution in [0.2, 0.25) is 0 Å². The molecule has 1 aliphatic rings. The van der Waals surface area contributed by atoms with Gasteiger partial charge in [-0.3, -0.25) is 0 Å². The number of nitrogens with one attached hydrogen (secondary N) is 1. The van der Waals surface area contributed by atoms with Gasteiger partial charge in [-0.15, -0.1) is 0 Å². The third-order valence-corrected chi connectivity index (χ3v) is 6.12. The molecule has 0 amide bonds. The van der Waals surface area contributed by atoms with Crippen LogP contribution in [0.3, 0.4) is 0 Å². The van der Waals surface area contributed by atoms with Gasteiger partial charge in [-0.1, -0.05) is 26.8 Å². The molecule has 30 heavy (non-hydrogen) atoms. The number of aromatic amines is 1. The van der Waals surface area contributed by atoms with Crippen LogP contribution in [0.15, 0.2) is 42.2 Å². The number of nitrogens with zero attached hydrogens (tertiary/aromatic N) is 2. The van der Waals surface area contributed by atoms with Crippen molar-refractivity contribution in [1.29, 1.82) is 0 Å². The van der Waals surface area contributed by atoms with Crippen LogP contribution < -0.4 is 34.7 Å². The van der Waals surface area contributed by atoms with Gasteiger partial charge in [0.1, 0.15) is 5.65 Å². The summed E-state index contributed by atoms with van der Waals surface area (Å²) >= 11 is 0. The van der Waals surface area contributed by atoms with Crippen molar-refractivity contribution in [3.63, 3.8) is 0 Å². The van der Waals surface area contributed by atoms with E-state index in [2.05, 4.69) is 36.8 Å². The standard InChI is InChI=1S/C22H25N3O2.CH4O.Na/c1-12(2)13(3)19-11-16(20(22(26)27)25(19)4)14-7-8-18-17(10-14)15-6-5-9-23-21(15)24-18;1-2;/h5-10,12-13,19H,11H2,1-4H3,(H,23,24)(H,26,27);2H,1H3;/q;;+1/p-1. The molecular formula is C23H28N3NaO3. The van der Waals surface area contributed by atoms with Gasteiger partial charge in [0.2, 0.25) is 0 Å². The molecule has 3 heterocycles. The summed E-state index contributed by atoms with van der Waals surface area (Å²) in [6.07, 6.45) is 2.48. The van der Waals surface area contributed by atoms with Crippen LogP contribution in [0.25, 0.3) is 27.5 Å². The third kappa shape index (κ3) is 4.28. The molecule has 0 aliphatic carbocycles. The molecule has 0 bridgehead atoms. The van der Waals surface area contributed by atoms with Gasteiger partial charge < -0.3 is 24.9 Å².